The van der Waals surface area contributed by atoms with E-state index in [9.17, 15) is 4.79 Å². The van der Waals surface area contributed by atoms with Crippen LogP contribution < -0.4 is 20.5 Å². The van der Waals surface area contributed by atoms with Crippen molar-refractivity contribution in [2.45, 2.75) is 26.4 Å². The average molecular weight is 303 g/mol. The van der Waals surface area contributed by atoms with Crippen LogP contribution in [0.1, 0.15) is 19.4 Å². The monoisotopic (exact) mass is 302 g/mol. The van der Waals surface area contributed by atoms with Gasteiger partial charge in [0.2, 0.25) is 5.91 Å². The summed E-state index contributed by atoms with van der Waals surface area (Å²) in [6.07, 6.45) is 0. The van der Waals surface area contributed by atoms with Gasteiger partial charge >= 0.3 is 0 Å². The Hall–Kier alpha value is -1.46. The first kappa shape index (κ1) is 18.5. The Morgan fingerprint density at radius 2 is 1.85 bits per heavy atom. The first-order valence-electron chi connectivity index (χ1n) is 6.23. The van der Waals surface area contributed by atoms with Gasteiger partial charge in [-0.3, -0.25) is 4.79 Å². The molecule has 0 heterocycles. The second kappa shape index (κ2) is 8.66. The molecule has 0 fully saturated rings. The Balaban J connectivity index is 0.00000361. The normalized spacial score (nSPS) is 11.5. The van der Waals surface area contributed by atoms with Gasteiger partial charge < -0.3 is 20.5 Å². The van der Waals surface area contributed by atoms with E-state index in [1.807, 2.05) is 32.0 Å². The highest BCUT2D eigenvalue weighted by Gasteiger charge is 2.16. The second-order valence-electron chi connectivity index (χ2n) is 4.68. The van der Waals surface area contributed by atoms with Crippen LogP contribution in [-0.2, 0) is 11.3 Å². The van der Waals surface area contributed by atoms with Crippen LogP contribution in [0.15, 0.2) is 18.2 Å². The summed E-state index contributed by atoms with van der Waals surface area (Å²) in [7, 11) is 3.16. The van der Waals surface area contributed by atoms with E-state index >= 15 is 0 Å². The van der Waals surface area contributed by atoms with Crippen molar-refractivity contribution in [3.63, 3.8) is 0 Å². The third-order valence-corrected chi connectivity index (χ3v) is 2.94. The second-order valence-corrected chi connectivity index (χ2v) is 4.68. The minimum atomic E-state index is -0.486. The maximum atomic E-state index is 11.7. The quantitative estimate of drug-likeness (QED) is 0.839. The first-order valence-corrected chi connectivity index (χ1v) is 6.23. The third-order valence-electron chi connectivity index (χ3n) is 2.94. The van der Waals surface area contributed by atoms with E-state index in [0.29, 0.717) is 18.0 Å². The van der Waals surface area contributed by atoms with Gasteiger partial charge in [0.25, 0.3) is 0 Å². The van der Waals surface area contributed by atoms with Crippen LogP contribution in [0.25, 0.3) is 0 Å². The molecule has 114 valence electrons. The van der Waals surface area contributed by atoms with Crippen molar-refractivity contribution in [1.29, 1.82) is 0 Å². The summed E-state index contributed by atoms with van der Waals surface area (Å²) < 4.78 is 10.4. The zero-order valence-electron chi connectivity index (χ0n) is 12.3. The van der Waals surface area contributed by atoms with Gasteiger partial charge in [-0.2, -0.15) is 0 Å². The Bertz CT molecular complexity index is 438. The number of carbonyl (C=O) groups is 1. The molecule has 0 radical (unpaired) electrons. The number of rotatable bonds is 6. The molecule has 1 rings (SSSR count). The lowest BCUT2D eigenvalue weighted by Gasteiger charge is -2.16. The summed E-state index contributed by atoms with van der Waals surface area (Å²) in [5, 5.41) is 2.81. The van der Waals surface area contributed by atoms with Crippen LogP contribution in [0.3, 0.4) is 0 Å². The molecule has 0 aliphatic carbocycles. The van der Waals surface area contributed by atoms with Gasteiger partial charge in [-0.1, -0.05) is 19.9 Å². The molecule has 1 amide bonds. The molecule has 0 aliphatic heterocycles. The van der Waals surface area contributed by atoms with Gasteiger partial charge in [-0.25, -0.2) is 0 Å². The van der Waals surface area contributed by atoms with Crippen LogP contribution in [0.5, 0.6) is 11.5 Å². The molecule has 1 aromatic carbocycles. The number of amides is 1. The maximum Gasteiger partial charge on any atom is 0.237 e. The molecule has 1 aromatic rings. The van der Waals surface area contributed by atoms with E-state index in [2.05, 4.69) is 5.32 Å². The fraction of sp³-hybridized carbons (Fsp3) is 0.500. The summed E-state index contributed by atoms with van der Waals surface area (Å²) in [4.78, 5) is 11.7. The van der Waals surface area contributed by atoms with E-state index in [1.54, 1.807) is 14.2 Å². The van der Waals surface area contributed by atoms with Gasteiger partial charge in [-0.15, -0.1) is 12.4 Å². The van der Waals surface area contributed by atoms with Crippen molar-refractivity contribution in [2.75, 3.05) is 14.2 Å². The number of nitrogens with two attached hydrogens (primary N) is 1. The molecular weight excluding hydrogens is 280 g/mol. The fourth-order valence-electron chi connectivity index (χ4n) is 1.60. The molecule has 5 nitrogen and oxygen atoms in total. The molecule has 0 bridgehead atoms. The lowest BCUT2D eigenvalue weighted by Crippen LogP contribution is -2.43. The van der Waals surface area contributed by atoms with Crippen molar-refractivity contribution >= 4 is 18.3 Å². The van der Waals surface area contributed by atoms with Crippen LogP contribution in [-0.4, -0.2) is 26.2 Å². The van der Waals surface area contributed by atoms with E-state index in [1.165, 1.54) is 0 Å². The molecule has 0 aliphatic rings. The number of hydrogen-bond acceptors (Lipinski definition) is 4. The van der Waals surface area contributed by atoms with Crippen molar-refractivity contribution < 1.29 is 14.3 Å². The van der Waals surface area contributed by atoms with Crippen LogP contribution in [0, 0.1) is 5.92 Å². The molecule has 0 saturated carbocycles. The Labute approximate surface area is 126 Å². The zero-order chi connectivity index (χ0) is 14.4. The highest BCUT2D eigenvalue weighted by molar-refractivity contribution is 5.85. The molecule has 0 saturated heterocycles. The third kappa shape index (κ3) is 4.90. The minimum Gasteiger partial charge on any atom is -0.493 e. The lowest BCUT2D eigenvalue weighted by atomic mass is 10.0. The number of benzene rings is 1. The van der Waals surface area contributed by atoms with Crippen molar-refractivity contribution in [3.8, 4) is 11.5 Å². The predicted molar refractivity (Wildman–Crippen MR) is 81.5 cm³/mol. The van der Waals surface area contributed by atoms with Crippen LogP contribution in [0.4, 0.5) is 0 Å². The van der Waals surface area contributed by atoms with Crippen molar-refractivity contribution in [1.82, 2.24) is 5.32 Å². The Morgan fingerprint density at radius 1 is 1.25 bits per heavy atom. The van der Waals surface area contributed by atoms with Gasteiger partial charge in [0.15, 0.2) is 11.5 Å². The summed E-state index contributed by atoms with van der Waals surface area (Å²) in [5.74, 6) is 1.27. The van der Waals surface area contributed by atoms with Gasteiger partial charge in [-0.05, 0) is 23.6 Å². The Morgan fingerprint density at radius 3 is 2.35 bits per heavy atom. The molecule has 0 aromatic heterocycles. The molecule has 1 atom stereocenters. The topological polar surface area (TPSA) is 73.6 Å². The number of methoxy groups -OCH3 is 2. The van der Waals surface area contributed by atoms with Gasteiger partial charge in [0.1, 0.15) is 0 Å². The molecule has 6 heteroatoms. The summed E-state index contributed by atoms with van der Waals surface area (Å²) in [5.41, 5.74) is 6.70. The highest BCUT2D eigenvalue weighted by atomic mass is 35.5. The molecular formula is C14H23ClN2O3. The smallest absolute Gasteiger partial charge is 0.237 e. The summed E-state index contributed by atoms with van der Waals surface area (Å²) in [6.45, 7) is 4.25. The fourth-order valence-corrected chi connectivity index (χ4v) is 1.60. The largest absolute Gasteiger partial charge is 0.493 e. The maximum absolute atomic E-state index is 11.7. The highest BCUT2D eigenvalue weighted by Crippen LogP contribution is 2.27. The molecule has 0 spiro atoms. The number of nitrogens with one attached hydrogen (secondary N) is 1. The number of halogens is 1. The van der Waals surface area contributed by atoms with Crippen LogP contribution >= 0.6 is 12.4 Å². The average Bonchev–Trinajstić information content (AvgIpc) is 2.43. The zero-order valence-corrected chi connectivity index (χ0v) is 13.1. The van der Waals surface area contributed by atoms with E-state index < -0.39 is 6.04 Å². The number of ether oxygens (including phenoxy) is 2. The van der Waals surface area contributed by atoms with Crippen molar-refractivity contribution in [3.05, 3.63) is 23.8 Å². The number of carbonyl (C=O) groups excluding carboxylic acids is 1. The minimum absolute atomic E-state index is 0. The molecule has 0 unspecified atom stereocenters. The SMILES string of the molecule is COc1ccc(CNC(=O)[C@H](N)C(C)C)cc1OC.Cl. The predicted octanol–water partition coefficient (Wildman–Crippen LogP) is 1.73. The lowest BCUT2D eigenvalue weighted by molar-refractivity contribution is -0.123. The van der Waals surface area contributed by atoms with Gasteiger partial charge in [0.05, 0.1) is 20.3 Å². The van der Waals surface area contributed by atoms with Crippen molar-refractivity contribution in [2.24, 2.45) is 11.7 Å². The Kier molecular flexibility index (Phi) is 8.03. The standard InChI is InChI=1S/C14H22N2O3.ClH/c1-9(2)13(15)14(17)16-8-10-5-6-11(18-3)12(7-10)19-4;/h5-7,9,13H,8,15H2,1-4H3,(H,16,17);1H/t13-;/m1./s1. The first-order chi connectivity index (χ1) is 8.99. The summed E-state index contributed by atoms with van der Waals surface area (Å²) >= 11 is 0. The van der Waals surface area contributed by atoms with E-state index in [4.69, 9.17) is 15.2 Å². The van der Waals surface area contributed by atoms with Crippen LogP contribution in [0.2, 0.25) is 0 Å². The van der Waals surface area contributed by atoms with E-state index in [0.717, 1.165) is 5.56 Å². The van der Waals surface area contributed by atoms with E-state index in [-0.39, 0.29) is 24.2 Å². The molecule has 20 heavy (non-hydrogen) atoms. The summed E-state index contributed by atoms with van der Waals surface area (Å²) in [6, 6.07) is 5.03. The van der Waals surface area contributed by atoms with Gasteiger partial charge in [0, 0.05) is 6.54 Å². The number of hydrogen-bond donors (Lipinski definition) is 2. The molecule has 3 N–H and O–H groups in total.